The predicted molar refractivity (Wildman–Crippen MR) is 108 cm³/mol. The van der Waals surface area contributed by atoms with E-state index in [0.29, 0.717) is 19.8 Å². The second kappa shape index (κ2) is 12.9. The maximum atomic E-state index is 5.88. The van der Waals surface area contributed by atoms with Crippen LogP contribution in [-0.4, -0.2) is 39.3 Å². The maximum absolute atomic E-state index is 5.88. The van der Waals surface area contributed by atoms with Crippen molar-refractivity contribution >= 4 is 5.96 Å². The third-order valence-corrected chi connectivity index (χ3v) is 4.06. The highest BCUT2D eigenvalue weighted by Crippen LogP contribution is 2.15. The van der Waals surface area contributed by atoms with Crippen molar-refractivity contribution in [3.8, 4) is 0 Å². The summed E-state index contributed by atoms with van der Waals surface area (Å²) in [4.78, 5) is 4.22. The van der Waals surface area contributed by atoms with E-state index in [1.165, 1.54) is 5.56 Å². The lowest BCUT2D eigenvalue weighted by atomic mass is 10.1. The Bertz CT molecular complexity index is 629. The fraction of sp³-hybridized carbons (Fsp3) is 0.476. The highest BCUT2D eigenvalue weighted by Gasteiger charge is 2.04. The number of furan rings is 1. The highest BCUT2D eigenvalue weighted by molar-refractivity contribution is 5.79. The normalized spacial score (nSPS) is 12.7. The van der Waals surface area contributed by atoms with Gasteiger partial charge >= 0.3 is 0 Å². The van der Waals surface area contributed by atoms with Crippen LogP contribution in [0.25, 0.3) is 0 Å². The van der Waals surface area contributed by atoms with Gasteiger partial charge in [-0.25, -0.2) is 0 Å². The number of benzene rings is 1. The molecule has 0 saturated heterocycles. The summed E-state index contributed by atoms with van der Waals surface area (Å²) in [6.45, 7) is 5.60. The molecule has 2 rings (SSSR count). The van der Waals surface area contributed by atoms with Gasteiger partial charge in [0.05, 0.1) is 12.4 Å². The number of guanidine groups is 1. The molecule has 6 heteroatoms. The molecule has 0 amide bonds. The third kappa shape index (κ3) is 8.75. The predicted octanol–water partition coefficient (Wildman–Crippen LogP) is 3.52. The smallest absolute Gasteiger partial charge is 0.190 e. The van der Waals surface area contributed by atoms with E-state index >= 15 is 0 Å². The Morgan fingerprint density at radius 2 is 1.78 bits per heavy atom. The average Bonchev–Trinajstić information content (AvgIpc) is 3.22. The zero-order valence-electron chi connectivity index (χ0n) is 16.3. The molecule has 6 nitrogen and oxygen atoms in total. The van der Waals surface area contributed by atoms with Crippen LogP contribution in [-0.2, 0) is 16.1 Å². The van der Waals surface area contributed by atoms with Crippen molar-refractivity contribution in [2.45, 2.75) is 32.5 Å². The zero-order valence-corrected chi connectivity index (χ0v) is 16.3. The van der Waals surface area contributed by atoms with E-state index in [2.05, 4.69) is 34.7 Å². The monoisotopic (exact) mass is 373 g/mol. The van der Waals surface area contributed by atoms with Gasteiger partial charge in [0.25, 0.3) is 0 Å². The number of aliphatic imine (C=N–C) groups is 1. The van der Waals surface area contributed by atoms with E-state index in [-0.39, 0.29) is 6.10 Å². The molecule has 2 aromatic rings. The van der Waals surface area contributed by atoms with Gasteiger partial charge in [-0.2, -0.15) is 0 Å². The van der Waals surface area contributed by atoms with Crippen LogP contribution in [0.2, 0.25) is 0 Å². The summed E-state index contributed by atoms with van der Waals surface area (Å²) >= 11 is 0. The van der Waals surface area contributed by atoms with Crippen LogP contribution in [0, 0.1) is 0 Å². The number of ether oxygens (including phenoxy) is 2. The summed E-state index contributed by atoms with van der Waals surface area (Å²) in [5.74, 6) is 1.65. The molecule has 1 aromatic carbocycles. The van der Waals surface area contributed by atoms with Crippen LogP contribution in [0.5, 0.6) is 0 Å². The van der Waals surface area contributed by atoms with Crippen LogP contribution < -0.4 is 10.6 Å². The van der Waals surface area contributed by atoms with Crippen molar-refractivity contribution in [3.63, 3.8) is 0 Å². The van der Waals surface area contributed by atoms with Crippen molar-refractivity contribution in [1.82, 2.24) is 10.6 Å². The first-order valence-electron chi connectivity index (χ1n) is 9.51. The van der Waals surface area contributed by atoms with Gasteiger partial charge in [0.1, 0.15) is 12.4 Å². The molecule has 27 heavy (non-hydrogen) atoms. The Kier molecular flexibility index (Phi) is 10.1. The molecule has 148 valence electrons. The molecule has 0 fully saturated rings. The minimum absolute atomic E-state index is 0.116. The molecule has 0 aliphatic carbocycles. The third-order valence-electron chi connectivity index (χ3n) is 4.06. The van der Waals surface area contributed by atoms with E-state index in [9.17, 15) is 0 Å². The van der Waals surface area contributed by atoms with E-state index in [1.807, 2.05) is 30.3 Å². The molecule has 0 radical (unpaired) electrons. The van der Waals surface area contributed by atoms with E-state index < -0.39 is 0 Å². The van der Waals surface area contributed by atoms with Gasteiger partial charge in [-0.1, -0.05) is 30.3 Å². The van der Waals surface area contributed by atoms with Gasteiger partial charge in [0.15, 0.2) is 5.96 Å². The second-order valence-electron chi connectivity index (χ2n) is 6.19. The highest BCUT2D eigenvalue weighted by atomic mass is 16.5. The summed E-state index contributed by atoms with van der Waals surface area (Å²) in [6.07, 6.45) is 3.59. The van der Waals surface area contributed by atoms with E-state index in [0.717, 1.165) is 37.7 Å². The summed E-state index contributed by atoms with van der Waals surface area (Å²) in [5, 5.41) is 6.58. The van der Waals surface area contributed by atoms with Crippen LogP contribution >= 0.6 is 0 Å². The van der Waals surface area contributed by atoms with E-state index in [4.69, 9.17) is 13.9 Å². The van der Waals surface area contributed by atoms with Gasteiger partial charge in [-0.3, -0.25) is 4.99 Å². The molecule has 0 saturated carbocycles. The van der Waals surface area contributed by atoms with Gasteiger partial charge < -0.3 is 24.5 Å². The number of nitrogens with one attached hydrogen (secondary N) is 2. The molecular weight excluding hydrogens is 342 g/mol. The van der Waals surface area contributed by atoms with Gasteiger partial charge in [0.2, 0.25) is 0 Å². The lowest BCUT2D eigenvalue weighted by Gasteiger charge is -2.15. The van der Waals surface area contributed by atoms with Crippen molar-refractivity contribution in [2.75, 3.05) is 33.4 Å². The molecule has 2 N–H and O–H groups in total. The minimum atomic E-state index is 0.116. The lowest BCUT2D eigenvalue weighted by molar-refractivity contribution is 0.0646. The van der Waals surface area contributed by atoms with Crippen molar-refractivity contribution < 1.29 is 13.9 Å². The quantitative estimate of drug-likeness (QED) is 0.338. The molecule has 0 bridgehead atoms. The van der Waals surface area contributed by atoms with Crippen LogP contribution in [0.1, 0.15) is 37.2 Å². The Morgan fingerprint density at radius 3 is 2.44 bits per heavy atom. The average molecular weight is 373 g/mol. The molecule has 1 heterocycles. The SMILES string of the molecule is CN=C(NCCCOCc1ccco1)NCCCOC(C)c1ccccc1. The largest absolute Gasteiger partial charge is 0.467 e. The topological polar surface area (TPSA) is 68.0 Å². The molecule has 0 spiro atoms. The molecule has 1 unspecified atom stereocenters. The molecular formula is C21H31N3O3. The van der Waals surface area contributed by atoms with Crippen molar-refractivity contribution in [2.24, 2.45) is 4.99 Å². The first kappa shape index (κ1) is 21.0. The fourth-order valence-electron chi connectivity index (χ4n) is 2.53. The zero-order chi connectivity index (χ0) is 19.2. The molecule has 0 aliphatic heterocycles. The summed E-state index contributed by atoms with van der Waals surface area (Å²) in [6, 6.07) is 14.0. The fourth-order valence-corrected chi connectivity index (χ4v) is 2.53. The number of rotatable bonds is 12. The van der Waals surface area contributed by atoms with Gasteiger partial charge in [0, 0.05) is 33.4 Å². The first-order valence-corrected chi connectivity index (χ1v) is 9.51. The lowest BCUT2D eigenvalue weighted by Crippen LogP contribution is -2.38. The summed E-state index contributed by atoms with van der Waals surface area (Å²) < 4.78 is 16.6. The van der Waals surface area contributed by atoms with Gasteiger partial charge in [-0.15, -0.1) is 0 Å². The summed E-state index contributed by atoms with van der Waals surface area (Å²) in [7, 11) is 1.77. The Labute approximate surface area is 162 Å². The molecule has 1 aromatic heterocycles. The van der Waals surface area contributed by atoms with Crippen LogP contribution in [0.15, 0.2) is 58.1 Å². The molecule has 1 atom stereocenters. The Balaban J connectivity index is 1.46. The second-order valence-corrected chi connectivity index (χ2v) is 6.19. The Hall–Kier alpha value is -2.31. The van der Waals surface area contributed by atoms with Crippen LogP contribution in [0.4, 0.5) is 0 Å². The molecule has 0 aliphatic rings. The van der Waals surface area contributed by atoms with Gasteiger partial charge in [-0.05, 0) is 37.5 Å². The Morgan fingerprint density at radius 1 is 1.04 bits per heavy atom. The number of nitrogens with zero attached hydrogens (tertiary/aromatic N) is 1. The first-order chi connectivity index (χ1) is 13.3. The van der Waals surface area contributed by atoms with Crippen molar-refractivity contribution in [1.29, 1.82) is 0 Å². The maximum Gasteiger partial charge on any atom is 0.190 e. The summed E-state index contributed by atoms with van der Waals surface area (Å²) in [5.41, 5.74) is 1.21. The standard InChI is InChI=1S/C21H31N3O3/c1-18(19-9-4-3-5-10-19)26-16-8-13-24-21(22-2)23-12-7-14-25-17-20-11-6-15-27-20/h3-6,9-11,15,18H,7-8,12-14,16-17H2,1-2H3,(H2,22,23,24). The number of hydrogen-bond acceptors (Lipinski definition) is 4. The minimum Gasteiger partial charge on any atom is -0.467 e. The van der Waals surface area contributed by atoms with E-state index in [1.54, 1.807) is 13.3 Å². The van der Waals surface area contributed by atoms with Crippen molar-refractivity contribution in [3.05, 3.63) is 60.1 Å². The van der Waals surface area contributed by atoms with Crippen LogP contribution in [0.3, 0.4) is 0 Å². The number of hydrogen-bond donors (Lipinski definition) is 2.